The van der Waals surface area contributed by atoms with Crippen molar-refractivity contribution in [2.75, 3.05) is 20.2 Å². The van der Waals surface area contributed by atoms with E-state index in [0.717, 1.165) is 53.5 Å². The molecule has 0 saturated carbocycles. The lowest BCUT2D eigenvalue weighted by Gasteiger charge is -2.36. The maximum absolute atomic E-state index is 13.2. The topological polar surface area (TPSA) is 63.2 Å². The molecule has 27 heavy (non-hydrogen) atoms. The normalized spacial score (nSPS) is 21.5. The highest BCUT2D eigenvalue weighted by Crippen LogP contribution is 2.38. The van der Waals surface area contributed by atoms with Crippen molar-refractivity contribution >= 4 is 17.2 Å². The average molecular weight is 389 g/mol. The lowest BCUT2D eigenvalue weighted by Crippen LogP contribution is -2.54. The molecule has 1 amide bonds. The van der Waals surface area contributed by atoms with Crippen molar-refractivity contribution in [1.82, 2.24) is 15.6 Å². The van der Waals surface area contributed by atoms with Gasteiger partial charge in [-0.05, 0) is 69.5 Å². The summed E-state index contributed by atoms with van der Waals surface area (Å²) in [6, 6.07) is 6.38. The van der Waals surface area contributed by atoms with Crippen LogP contribution in [-0.2, 0) is 16.0 Å². The highest BCUT2D eigenvalue weighted by molar-refractivity contribution is 7.15. The lowest BCUT2D eigenvalue weighted by molar-refractivity contribution is -0.147. The fraction of sp³-hybridized carbons (Fsp3) is 0.500. The number of thiazole rings is 1. The number of fused-ring (bicyclic) bond motifs is 1. The molecule has 2 aliphatic rings. The van der Waals surface area contributed by atoms with E-state index >= 15 is 0 Å². The second kappa shape index (κ2) is 7.66. The largest absolute Gasteiger partial charge is 0.368 e. The quantitative estimate of drug-likeness (QED) is 0.843. The summed E-state index contributed by atoms with van der Waals surface area (Å²) in [6.07, 6.45) is 4.17. The van der Waals surface area contributed by atoms with Crippen molar-refractivity contribution in [3.05, 3.63) is 40.7 Å². The Labute approximate surface area is 162 Å². The Balaban J connectivity index is 1.56. The van der Waals surface area contributed by atoms with Crippen molar-refractivity contribution in [2.24, 2.45) is 0 Å². The third-order valence-electron chi connectivity index (χ3n) is 5.56. The number of methoxy groups -OCH3 is 1. The number of hydrogen-bond acceptors (Lipinski definition) is 5. The molecule has 1 unspecified atom stereocenters. The number of amides is 1. The Bertz CT molecular complexity index is 815. The number of piperidine rings is 1. The number of halogens is 1. The summed E-state index contributed by atoms with van der Waals surface area (Å²) >= 11 is 1.60. The molecule has 2 N–H and O–H groups in total. The molecule has 0 spiro atoms. The fourth-order valence-electron chi connectivity index (χ4n) is 3.92. The van der Waals surface area contributed by atoms with Gasteiger partial charge in [0.05, 0.1) is 16.6 Å². The minimum Gasteiger partial charge on any atom is -0.368 e. The molecule has 2 heterocycles. The maximum atomic E-state index is 13.2. The molecule has 2 aromatic rings. The van der Waals surface area contributed by atoms with Crippen LogP contribution in [0.3, 0.4) is 0 Å². The van der Waals surface area contributed by atoms with Gasteiger partial charge in [0.2, 0.25) is 0 Å². The van der Waals surface area contributed by atoms with Gasteiger partial charge in [0.15, 0.2) is 0 Å². The van der Waals surface area contributed by atoms with Gasteiger partial charge in [-0.25, -0.2) is 9.37 Å². The van der Waals surface area contributed by atoms with Gasteiger partial charge in [-0.1, -0.05) is 0 Å². The van der Waals surface area contributed by atoms with Gasteiger partial charge < -0.3 is 15.4 Å². The molecule has 1 aliphatic heterocycles. The standard InChI is InChI=1S/C20H24FN3O2S/c1-26-20(9-11-22-12-10-20)19(25)24-16-4-2-3-15-17(16)27-18(23-15)13-5-7-14(21)8-6-13/h5-8,16,22H,2-4,9-12H2,1H3,(H,24,25). The first kappa shape index (κ1) is 18.5. The summed E-state index contributed by atoms with van der Waals surface area (Å²) in [7, 11) is 1.62. The van der Waals surface area contributed by atoms with Gasteiger partial charge in [-0.15, -0.1) is 11.3 Å². The zero-order chi connectivity index (χ0) is 18.9. The Morgan fingerprint density at radius 2 is 2.07 bits per heavy atom. The van der Waals surface area contributed by atoms with Gasteiger partial charge in [0.25, 0.3) is 5.91 Å². The van der Waals surface area contributed by atoms with Crippen LogP contribution in [-0.4, -0.2) is 36.7 Å². The molecule has 1 aromatic heterocycles. The van der Waals surface area contributed by atoms with E-state index in [9.17, 15) is 9.18 Å². The van der Waals surface area contributed by atoms with Gasteiger partial charge >= 0.3 is 0 Å². The molecule has 1 aliphatic carbocycles. The van der Waals surface area contributed by atoms with Crippen LogP contribution >= 0.6 is 11.3 Å². The first-order valence-corrected chi connectivity index (χ1v) is 10.3. The maximum Gasteiger partial charge on any atom is 0.252 e. The molecule has 1 atom stereocenters. The number of benzene rings is 1. The van der Waals surface area contributed by atoms with Gasteiger partial charge in [0.1, 0.15) is 16.4 Å². The number of ether oxygens (including phenoxy) is 1. The Morgan fingerprint density at radius 1 is 1.33 bits per heavy atom. The highest BCUT2D eigenvalue weighted by atomic mass is 32.1. The van der Waals surface area contributed by atoms with E-state index < -0.39 is 5.60 Å². The van der Waals surface area contributed by atoms with Crippen LogP contribution in [0.25, 0.3) is 10.6 Å². The molecule has 1 aromatic carbocycles. The zero-order valence-corrected chi connectivity index (χ0v) is 16.2. The van der Waals surface area contributed by atoms with Crippen LogP contribution < -0.4 is 10.6 Å². The number of aryl methyl sites for hydroxylation is 1. The molecule has 144 valence electrons. The number of carbonyl (C=O) groups excluding carboxylic acids is 1. The average Bonchev–Trinajstić information content (AvgIpc) is 3.14. The van der Waals surface area contributed by atoms with Gasteiger partial charge in [0, 0.05) is 12.7 Å². The first-order chi connectivity index (χ1) is 13.1. The summed E-state index contributed by atoms with van der Waals surface area (Å²) in [6.45, 7) is 1.57. The number of carbonyl (C=O) groups is 1. The fourth-order valence-corrected chi connectivity index (χ4v) is 5.12. The van der Waals surface area contributed by atoms with Gasteiger partial charge in [-0.2, -0.15) is 0 Å². The van der Waals surface area contributed by atoms with E-state index in [0.29, 0.717) is 12.8 Å². The summed E-state index contributed by atoms with van der Waals surface area (Å²) < 4.78 is 18.9. The van der Waals surface area contributed by atoms with Crippen molar-refractivity contribution < 1.29 is 13.9 Å². The first-order valence-electron chi connectivity index (χ1n) is 9.44. The predicted molar refractivity (Wildman–Crippen MR) is 103 cm³/mol. The molecular formula is C20H24FN3O2S. The lowest BCUT2D eigenvalue weighted by atomic mass is 9.89. The van der Waals surface area contributed by atoms with Crippen LogP contribution in [0.4, 0.5) is 4.39 Å². The minimum absolute atomic E-state index is 0.0268. The third kappa shape index (κ3) is 3.63. The van der Waals surface area contributed by atoms with Crippen molar-refractivity contribution in [3.63, 3.8) is 0 Å². The van der Waals surface area contributed by atoms with Crippen LogP contribution in [0.1, 0.15) is 42.3 Å². The van der Waals surface area contributed by atoms with Crippen molar-refractivity contribution in [3.8, 4) is 10.6 Å². The molecular weight excluding hydrogens is 365 g/mol. The Hall–Kier alpha value is -1.83. The number of nitrogens with zero attached hydrogens (tertiary/aromatic N) is 1. The van der Waals surface area contributed by atoms with E-state index in [1.807, 2.05) is 0 Å². The van der Waals surface area contributed by atoms with Crippen LogP contribution in [0, 0.1) is 5.82 Å². The molecule has 1 fully saturated rings. The molecule has 0 radical (unpaired) electrons. The SMILES string of the molecule is COC1(C(=O)NC2CCCc3nc(-c4ccc(F)cc4)sc32)CCNCC1. The van der Waals surface area contributed by atoms with Crippen LogP contribution in [0.2, 0.25) is 0 Å². The molecule has 5 nitrogen and oxygen atoms in total. The predicted octanol–water partition coefficient (Wildman–Crippen LogP) is 3.21. The highest BCUT2D eigenvalue weighted by Gasteiger charge is 2.41. The van der Waals surface area contributed by atoms with E-state index in [-0.39, 0.29) is 17.8 Å². The number of nitrogens with one attached hydrogen (secondary N) is 2. The molecule has 0 bridgehead atoms. The zero-order valence-electron chi connectivity index (χ0n) is 15.4. The summed E-state index contributed by atoms with van der Waals surface area (Å²) in [5.41, 5.74) is 1.22. The van der Waals surface area contributed by atoms with E-state index in [1.165, 1.54) is 12.1 Å². The second-order valence-corrected chi connectivity index (χ2v) is 8.23. The minimum atomic E-state index is -0.743. The number of hydrogen-bond donors (Lipinski definition) is 2. The molecule has 1 saturated heterocycles. The van der Waals surface area contributed by atoms with Crippen LogP contribution in [0.15, 0.2) is 24.3 Å². The van der Waals surface area contributed by atoms with Crippen molar-refractivity contribution in [2.45, 2.75) is 43.7 Å². The Morgan fingerprint density at radius 3 is 2.78 bits per heavy atom. The van der Waals surface area contributed by atoms with Crippen molar-refractivity contribution in [1.29, 1.82) is 0 Å². The van der Waals surface area contributed by atoms with E-state index in [1.54, 1.807) is 30.6 Å². The summed E-state index contributed by atoms with van der Waals surface area (Å²) in [5, 5.41) is 7.39. The smallest absolute Gasteiger partial charge is 0.252 e. The van der Waals surface area contributed by atoms with E-state index in [2.05, 4.69) is 10.6 Å². The van der Waals surface area contributed by atoms with E-state index in [4.69, 9.17) is 9.72 Å². The second-order valence-electron chi connectivity index (χ2n) is 7.20. The molecule has 7 heteroatoms. The van der Waals surface area contributed by atoms with Crippen LogP contribution in [0.5, 0.6) is 0 Å². The monoisotopic (exact) mass is 389 g/mol. The third-order valence-corrected chi connectivity index (χ3v) is 6.82. The summed E-state index contributed by atoms with van der Waals surface area (Å²) in [4.78, 5) is 18.9. The summed E-state index contributed by atoms with van der Waals surface area (Å²) in [5.74, 6) is -0.280. The number of rotatable bonds is 4. The van der Waals surface area contributed by atoms with Gasteiger partial charge in [-0.3, -0.25) is 4.79 Å². The number of aromatic nitrogens is 1. The molecule has 4 rings (SSSR count). The Kier molecular flexibility index (Phi) is 5.25.